The Kier molecular flexibility index (Phi) is 8.50. The van der Waals surface area contributed by atoms with Crippen LogP contribution in [0, 0.1) is 6.92 Å². The summed E-state index contributed by atoms with van der Waals surface area (Å²) < 4.78 is 11.4. The highest BCUT2D eigenvalue weighted by Gasteiger charge is 2.19. The minimum Gasteiger partial charge on any atom is -0.493 e. The van der Waals surface area contributed by atoms with Crippen molar-refractivity contribution in [1.29, 1.82) is 0 Å². The van der Waals surface area contributed by atoms with Gasteiger partial charge in [-0.05, 0) is 54.4 Å². The maximum absolute atomic E-state index is 12.3. The minimum absolute atomic E-state index is 0.179. The largest absolute Gasteiger partial charge is 0.493 e. The van der Waals surface area contributed by atoms with Gasteiger partial charge in [0.15, 0.2) is 11.5 Å². The first-order valence-electron chi connectivity index (χ1n) is 11.9. The second kappa shape index (κ2) is 12.0. The van der Waals surface area contributed by atoms with Gasteiger partial charge in [0.2, 0.25) is 0 Å². The van der Waals surface area contributed by atoms with Crippen molar-refractivity contribution in [2.45, 2.75) is 13.5 Å². The van der Waals surface area contributed by atoms with Crippen molar-refractivity contribution in [3.8, 4) is 11.5 Å². The number of carbonyl (C=O) groups is 1. The number of nitrogens with zero attached hydrogens (tertiary/aromatic N) is 2. The van der Waals surface area contributed by atoms with Crippen molar-refractivity contribution in [3.63, 3.8) is 0 Å². The summed E-state index contributed by atoms with van der Waals surface area (Å²) in [6.07, 6.45) is 0. The second-order valence-electron chi connectivity index (χ2n) is 8.65. The molecule has 1 heterocycles. The molecule has 0 aromatic heterocycles. The average Bonchev–Trinajstić information content (AvgIpc) is 2.87. The van der Waals surface area contributed by atoms with Crippen LogP contribution < -0.4 is 19.7 Å². The lowest BCUT2D eigenvalue weighted by atomic mass is 10.1. The van der Waals surface area contributed by atoms with E-state index in [4.69, 9.17) is 21.1 Å². The van der Waals surface area contributed by atoms with E-state index in [1.807, 2.05) is 12.1 Å². The summed E-state index contributed by atoms with van der Waals surface area (Å²) in [6.45, 7) is 7.77. The van der Waals surface area contributed by atoms with E-state index in [-0.39, 0.29) is 5.91 Å². The van der Waals surface area contributed by atoms with Gasteiger partial charge >= 0.3 is 0 Å². The van der Waals surface area contributed by atoms with Crippen LogP contribution in [-0.2, 0) is 6.54 Å². The fourth-order valence-corrected chi connectivity index (χ4v) is 4.50. The number of anilines is 1. The van der Waals surface area contributed by atoms with Crippen molar-refractivity contribution in [2.24, 2.45) is 0 Å². The Labute approximate surface area is 212 Å². The lowest BCUT2D eigenvalue weighted by molar-refractivity contribution is 0.0947. The highest BCUT2D eigenvalue weighted by molar-refractivity contribution is 6.30. The van der Waals surface area contributed by atoms with Crippen molar-refractivity contribution in [3.05, 3.63) is 88.4 Å². The molecule has 4 rings (SSSR count). The lowest BCUT2D eigenvalue weighted by Gasteiger charge is -2.36. The van der Waals surface area contributed by atoms with Gasteiger partial charge in [0.05, 0.1) is 13.7 Å². The average molecular weight is 494 g/mol. The summed E-state index contributed by atoms with van der Waals surface area (Å²) in [5.41, 5.74) is 4.35. The number of piperazine rings is 1. The molecule has 1 aliphatic heterocycles. The quantitative estimate of drug-likeness (QED) is 0.434. The van der Waals surface area contributed by atoms with Gasteiger partial charge in [0.1, 0.15) is 6.61 Å². The van der Waals surface area contributed by atoms with Gasteiger partial charge in [-0.3, -0.25) is 9.69 Å². The molecule has 0 aliphatic carbocycles. The molecule has 3 aromatic carbocycles. The summed E-state index contributed by atoms with van der Waals surface area (Å²) in [5.74, 6) is 1.18. The molecule has 0 bridgehead atoms. The van der Waals surface area contributed by atoms with E-state index in [2.05, 4.69) is 52.4 Å². The number of aryl methyl sites for hydroxylation is 1. The zero-order valence-electron chi connectivity index (χ0n) is 20.3. The molecule has 0 radical (unpaired) electrons. The van der Waals surface area contributed by atoms with Crippen LogP contribution in [0.3, 0.4) is 0 Å². The van der Waals surface area contributed by atoms with E-state index in [1.54, 1.807) is 31.4 Å². The molecule has 184 valence electrons. The van der Waals surface area contributed by atoms with Crippen LogP contribution in [0.1, 0.15) is 21.5 Å². The molecular formula is C28H32ClN3O3. The van der Waals surface area contributed by atoms with Crippen LogP contribution in [0.15, 0.2) is 66.7 Å². The molecule has 3 aromatic rings. The number of nitrogens with one attached hydrogen (secondary N) is 1. The Morgan fingerprint density at radius 2 is 1.77 bits per heavy atom. The monoisotopic (exact) mass is 493 g/mol. The Morgan fingerprint density at radius 3 is 2.51 bits per heavy atom. The highest BCUT2D eigenvalue weighted by atomic mass is 35.5. The molecular weight excluding hydrogens is 462 g/mol. The standard InChI is InChI=1S/C28H32ClN3O3/c1-21-6-3-4-9-25(21)32-15-13-31(14-16-32)20-22-10-11-26(34-2)27(18-22)35-17-12-30-28(33)23-7-5-8-24(29)19-23/h3-11,18-19H,12-17,20H2,1-2H3,(H,30,33). The summed E-state index contributed by atoms with van der Waals surface area (Å²) >= 11 is 5.97. The van der Waals surface area contributed by atoms with E-state index in [0.29, 0.717) is 35.2 Å². The number of carbonyl (C=O) groups excluding carboxylic acids is 1. The molecule has 1 saturated heterocycles. The predicted octanol–water partition coefficient (Wildman–Crippen LogP) is 4.79. The molecule has 0 saturated carbocycles. The highest BCUT2D eigenvalue weighted by Crippen LogP contribution is 2.29. The third-order valence-corrected chi connectivity index (χ3v) is 6.43. The summed E-state index contributed by atoms with van der Waals surface area (Å²) in [5, 5.41) is 3.39. The van der Waals surface area contributed by atoms with Crippen molar-refractivity contribution < 1.29 is 14.3 Å². The zero-order valence-corrected chi connectivity index (χ0v) is 21.1. The maximum Gasteiger partial charge on any atom is 0.251 e. The normalized spacial score (nSPS) is 14.0. The lowest BCUT2D eigenvalue weighted by Crippen LogP contribution is -2.46. The Morgan fingerprint density at radius 1 is 0.971 bits per heavy atom. The second-order valence-corrected chi connectivity index (χ2v) is 9.09. The number of ether oxygens (including phenoxy) is 2. The Hall–Kier alpha value is -3.22. The van der Waals surface area contributed by atoms with E-state index in [1.165, 1.54) is 16.8 Å². The van der Waals surface area contributed by atoms with E-state index >= 15 is 0 Å². The minimum atomic E-state index is -0.179. The molecule has 7 heteroatoms. The maximum atomic E-state index is 12.3. The van der Waals surface area contributed by atoms with Crippen molar-refractivity contribution in [1.82, 2.24) is 10.2 Å². The van der Waals surface area contributed by atoms with Gasteiger partial charge < -0.3 is 19.7 Å². The number of hydrogen-bond donors (Lipinski definition) is 1. The van der Waals surface area contributed by atoms with Crippen LogP contribution in [0.4, 0.5) is 5.69 Å². The molecule has 0 unspecified atom stereocenters. The number of benzene rings is 3. The number of amides is 1. The first-order valence-corrected chi connectivity index (χ1v) is 12.3. The van der Waals surface area contributed by atoms with Gasteiger partial charge in [-0.2, -0.15) is 0 Å². The van der Waals surface area contributed by atoms with E-state index in [9.17, 15) is 4.79 Å². The molecule has 1 amide bonds. The van der Waals surface area contributed by atoms with Crippen LogP contribution >= 0.6 is 11.6 Å². The molecule has 0 atom stereocenters. The van der Waals surface area contributed by atoms with Gasteiger partial charge in [-0.15, -0.1) is 0 Å². The number of methoxy groups -OCH3 is 1. The molecule has 1 fully saturated rings. The molecule has 1 aliphatic rings. The first kappa shape index (κ1) is 24.9. The number of halogens is 1. The van der Waals surface area contributed by atoms with Crippen molar-refractivity contribution >= 4 is 23.2 Å². The van der Waals surface area contributed by atoms with Gasteiger partial charge in [0, 0.05) is 49.0 Å². The molecule has 1 N–H and O–H groups in total. The van der Waals surface area contributed by atoms with Crippen LogP contribution in [0.5, 0.6) is 11.5 Å². The topological polar surface area (TPSA) is 54.0 Å². The fourth-order valence-electron chi connectivity index (χ4n) is 4.31. The predicted molar refractivity (Wildman–Crippen MR) is 141 cm³/mol. The van der Waals surface area contributed by atoms with E-state index in [0.717, 1.165) is 32.7 Å². The Bertz CT molecular complexity index is 1150. The Balaban J connectivity index is 1.28. The molecule has 0 spiro atoms. The first-order chi connectivity index (χ1) is 17.0. The van der Waals surface area contributed by atoms with Gasteiger partial charge in [-0.1, -0.05) is 41.9 Å². The summed E-state index contributed by atoms with van der Waals surface area (Å²) in [7, 11) is 1.63. The fraction of sp³-hybridized carbons (Fsp3) is 0.321. The zero-order chi connectivity index (χ0) is 24.6. The molecule has 35 heavy (non-hydrogen) atoms. The van der Waals surface area contributed by atoms with Crippen LogP contribution in [0.2, 0.25) is 5.02 Å². The smallest absolute Gasteiger partial charge is 0.251 e. The number of rotatable bonds is 9. The van der Waals surface area contributed by atoms with E-state index < -0.39 is 0 Å². The van der Waals surface area contributed by atoms with Gasteiger partial charge in [-0.25, -0.2) is 0 Å². The summed E-state index contributed by atoms with van der Waals surface area (Å²) in [6, 6.07) is 21.5. The number of hydrogen-bond acceptors (Lipinski definition) is 5. The van der Waals surface area contributed by atoms with Gasteiger partial charge in [0.25, 0.3) is 5.91 Å². The van der Waals surface area contributed by atoms with Crippen LogP contribution in [0.25, 0.3) is 0 Å². The SMILES string of the molecule is COc1ccc(CN2CCN(c3ccccc3C)CC2)cc1OCCNC(=O)c1cccc(Cl)c1. The van der Waals surface area contributed by atoms with Crippen molar-refractivity contribution in [2.75, 3.05) is 51.3 Å². The molecule has 6 nitrogen and oxygen atoms in total. The third kappa shape index (κ3) is 6.68. The summed E-state index contributed by atoms with van der Waals surface area (Å²) in [4.78, 5) is 17.2. The number of para-hydroxylation sites is 1. The third-order valence-electron chi connectivity index (χ3n) is 6.19. The van der Waals surface area contributed by atoms with Crippen LogP contribution in [-0.4, -0.2) is 57.2 Å².